The number of aliphatic hydroxyl groups is 2. The Balaban J connectivity index is 4.04. The van der Waals surface area contributed by atoms with Gasteiger partial charge >= 0.3 is 0 Å². The first kappa shape index (κ1) is 8.68. The first-order valence-electron chi connectivity index (χ1n) is 2.45. The van der Waals surface area contributed by atoms with Crippen molar-refractivity contribution in [3.8, 4) is 6.19 Å². The van der Waals surface area contributed by atoms with Gasteiger partial charge in [0, 0.05) is 0 Å². The molecule has 0 aromatic heterocycles. The Kier molecular flexibility index (Phi) is 3.95. The van der Waals surface area contributed by atoms with Gasteiger partial charge in [-0.3, -0.25) is 4.90 Å². The summed E-state index contributed by atoms with van der Waals surface area (Å²) in [6.07, 6.45) is 1.42. The van der Waals surface area contributed by atoms with Crippen LogP contribution in [0.4, 0.5) is 0 Å². The van der Waals surface area contributed by atoms with Crippen LogP contribution in [0.2, 0.25) is 0 Å². The second-order valence-electron chi connectivity index (χ2n) is 1.39. The predicted molar refractivity (Wildman–Crippen MR) is 33.2 cm³/mol. The molecule has 56 valence electrons. The van der Waals surface area contributed by atoms with Crippen molar-refractivity contribution in [1.82, 2.24) is 4.90 Å². The highest BCUT2D eigenvalue weighted by molar-refractivity contribution is 5.78. The van der Waals surface area contributed by atoms with Crippen LogP contribution in [0.5, 0.6) is 0 Å². The molecule has 0 fully saturated rings. The molecule has 0 aromatic rings. The van der Waals surface area contributed by atoms with Gasteiger partial charge in [0.2, 0.25) is 12.2 Å². The topological polar surface area (TPSA) is 106 Å². The van der Waals surface area contributed by atoms with E-state index in [2.05, 4.69) is 4.99 Å². The molecule has 0 aliphatic rings. The zero-order valence-electron chi connectivity index (χ0n) is 5.23. The largest absolute Gasteiger partial charge is 0.376 e. The molecule has 0 bridgehead atoms. The molecule has 0 saturated carbocycles. The molecular weight excluding hydrogens is 136 g/mol. The molecule has 0 amide bonds. The second-order valence-corrected chi connectivity index (χ2v) is 1.39. The van der Waals surface area contributed by atoms with Gasteiger partial charge in [0.1, 0.15) is 13.5 Å². The van der Waals surface area contributed by atoms with Crippen LogP contribution in [0.1, 0.15) is 0 Å². The standard InChI is InChI=1S/C4H8N4O2/c5-1-7-4(6)8(2-9)3-10/h9-10H,2-3H2,(H2,6,7). The molecule has 0 spiro atoms. The zero-order chi connectivity index (χ0) is 7.98. The summed E-state index contributed by atoms with van der Waals surface area (Å²) in [5.74, 6) is -0.201. The summed E-state index contributed by atoms with van der Waals surface area (Å²) < 4.78 is 0. The number of nitrogens with zero attached hydrogens (tertiary/aromatic N) is 3. The number of nitriles is 1. The van der Waals surface area contributed by atoms with E-state index in [0.29, 0.717) is 0 Å². The fraction of sp³-hybridized carbons (Fsp3) is 0.500. The summed E-state index contributed by atoms with van der Waals surface area (Å²) in [4.78, 5) is 3.99. The molecule has 6 heteroatoms. The van der Waals surface area contributed by atoms with Gasteiger partial charge < -0.3 is 15.9 Å². The highest BCUT2D eigenvalue weighted by Crippen LogP contribution is 1.81. The van der Waals surface area contributed by atoms with E-state index in [1.54, 1.807) is 0 Å². The molecular formula is C4H8N4O2. The molecule has 0 radical (unpaired) electrons. The number of hydrogen-bond donors (Lipinski definition) is 3. The maximum absolute atomic E-state index is 8.42. The lowest BCUT2D eigenvalue weighted by molar-refractivity contribution is 0.0850. The second kappa shape index (κ2) is 4.55. The number of hydrogen-bond acceptors (Lipinski definition) is 4. The molecule has 0 saturated heterocycles. The van der Waals surface area contributed by atoms with E-state index in [4.69, 9.17) is 21.2 Å². The molecule has 0 aliphatic carbocycles. The number of guanidine groups is 1. The van der Waals surface area contributed by atoms with Crippen LogP contribution in [0.25, 0.3) is 0 Å². The van der Waals surface area contributed by atoms with Crippen molar-refractivity contribution in [3.63, 3.8) is 0 Å². The van der Waals surface area contributed by atoms with Crippen LogP contribution in [-0.2, 0) is 0 Å². The lowest BCUT2D eigenvalue weighted by Crippen LogP contribution is -2.38. The fourth-order valence-electron chi connectivity index (χ4n) is 0.312. The Bertz CT molecular complexity index is 157. The highest BCUT2D eigenvalue weighted by Gasteiger charge is 2.01. The van der Waals surface area contributed by atoms with E-state index in [0.717, 1.165) is 4.90 Å². The number of aliphatic hydroxyl groups excluding tert-OH is 2. The molecule has 6 nitrogen and oxygen atoms in total. The third-order valence-corrected chi connectivity index (χ3v) is 0.830. The summed E-state index contributed by atoms with van der Waals surface area (Å²) in [7, 11) is 0. The van der Waals surface area contributed by atoms with E-state index in [-0.39, 0.29) is 5.96 Å². The van der Waals surface area contributed by atoms with Gasteiger partial charge in [0.25, 0.3) is 0 Å². The first-order valence-corrected chi connectivity index (χ1v) is 2.45. The first-order chi connectivity index (χ1) is 4.76. The van der Waals surface area contributed by atoms with Gasteiger partial charge in [-0.1, -0.05) is 0 Å². The van der Waals surface area contributed by atoms with Crippen LogP contribution in [0.15, 0.2) is 4.99 Å². The number of aliphatic imine (C=N–C) groups is 1. The van der Waals surface area contributed by atoms with Gasteiger partial charge in [0.15, 0.2) is 0 Å². The van der Waals surface area contributed by atoms with Crippen LogP contribution < -0.4 is 5.73 Å². The monoisotopic (exact) mass is 144 g/mol. The molecule has 0 heterocycles. The number of nitrogens with two attached hydrogens (primary N) is 1. The normalized spacial score (nSPS) is 10.7. The molecule has 0 unspecified atom stereocenters. The molecule has 0 atom stereocenters. The van der Waals surface area contributed by atoms with Crippen molar-refractivity contribution in [3.05, 3.63) is 0 Å². The minimum absolute atomic E-state index is 0.201. The Morgan fingerprint density at radius 3 is 2.40 bits per heavy atom. The summed E-state index contributed by atoms with van der Waals surface area (Å²) in [5, 5.41) is 24.8. The van der Waals surface area contributed by atoms with E-state index >= 15 is 0 Å². The van der Waals surface area contributed by atoms with E-state index in [9.17, 15) is 0 Å². The Morgan fingerprint density at radius 2 is 2.10 bits per heavy atom. The summed E-state index contributed by atoms with van der Waals surface area (Å²) in [6, 6.07) is 0. The van der Waals surface area contributed by atoms with Gasteiger partial charge in [-0.15, -0.1) is 4.99 Å². The Hall–Kier alpha value is -1.32. The third kappa shape index (κ3) is 2.30. The molecule has 0 aromatic carbocycles. The zero-order valence-corrected chi connectivity index (χ0v) is 5.23. The molecule has 10 heavy (non-hydrogen) atoms. The summed E-state index contributed by atoms with van der Waals surface area (Å²) in [5.41, 5.74) is 5.08. The predicted octanol–water partition coefficient (Wildman–Crippen LogP) is -2.02. The lowest BCUT2D eigenvalue weighted by atomic mass is 10.8. The van der Waals surface area contributed by atoms with Crippen molar-refractivity contribution >= 4 is 5.96 Å². The third-order valence-electron chi connectivity index (χ3n) is 0.830. The van der Waals surface area contributed by atoms with Crippen molar-refractivity contribution in [1.29, 1.82) is 5.26 Å². The van der Waals surface area contributed by atoms with Crippen molar-refractivity contribution < 1.29 is 10.2 Å². The minimum atomic E-state index is -0.465. The summed E-state index contributed by atoms with van der Waals surface area (Å²) in [6.45, 7) is -0.930. The van der Waals surface area contributed by atoms with Crippen molar-refractivity contribution in [2.75, 3.05) is 13.5 Å². The fourth-order valence-corrected chi connectivity index (χ4v) is 0.312. The van der Waals surface area contributed by atoms with Gasteiger partial charge in [0.05, 0.1) is 0 Å². The lowest BCUT2D eigenvalue weighted by Gasteiger charge is -2.15. The average molecular weight is 144 g/mol. The quantitative estimate of drug-likeness (QED) is 0.179. The minimum Gasteiger partial charge on any atom is -0.376 e. The SMILES string of the molecule is N#CN=C(N)N(CO)CO. The van der Waals surface area contributed by atoms with E-state index in [1.807, 2.05) is 0 Å². The number of rotatable bonds is 2. The molecule has 0 aliphatic heterocycles. The maximum Gasteiger partial charge on any atom is 0.210 e. The van der Waals surface area contributed by atoms with Gasteiger partial charge in [-0.05, 0) is 0 Å². The maximum atomic E-state index is 8.42. The van der Waals surface area contributed by atoms with Crippen LogP contribution in [0, 0.1) is 11.5 Å². The molecule has 0 rings (SSSR count). The average Bonchev–Trinajstić information content (AvgIpc) is 1.91. The molecule has 4 N–H and O–H groups in total. The Labute approximate surface area is 57.8 Å². The summed E-state index contributed by atoms with van der Waals surface area (Å²) >= 11 is 0. The van der Waals surface area contributed by atoms with E-state index < -0.39 is 13.5 Å². The van der Waals surface area contributed by atoms with Crippen LogP contribution in [-0.4, -0.2) is 34.5 Å². The van der Waals surface area contributed by atoms with Crippen molar-refractivity contribution in [2.45, 2.75) is 0 Å². The van der Waals surface area contributed by atoms with Crippen molar-refractivity contribution in [2.24, 2.45) is 10.7 Å². The smallest absolute Gasteiger partial charge is 0.210 e. The van der Waals surface area contributed by atoms with Crippen LogP contribution in [0.3, 0.4) is 0 Å². The van der Waals surface area contributed by atoms with Gasteiger partial charge in [-0.2, -0.15) is 5.26 Å². The van der Waals surface area contributed by atoms with Gasteiger partial charge in [-0.25, -0.2) is 0 Å². The van der Waals surface area contributed by atoms with E-state index in [1.165, 1.54) is 6.19 Å². The van der Waals surface area contributed by atoms with Crippen LogP contribution >= 0.6 is 0 Å². The highest BCUT2D eigenvalue weighted by atomic mass is 16.3. The Morgan fingerprint density at radius 1 is 1.60 bits per heavy atom.